The van der Waals surface area contributed by atoms with Gasteiger partial charge in [-0.3, -0.25) is 9.59 Å². The van der Waals surface area contributed by atoms with Gasteiger partial charge in [-0.2, -0.15) is 11.8 Å². The van der Waals surface area contributed by atoms with Crippen molar-refractivity contribution in [1.82, 2.24) is 10.2 Å². The van der Waals surface area contributed by atoms with Crippen LogP contribution in [0.15, 0.2) is 48.5 Å². The number of ether oxygens (including phenoxy) is 1. The van der Waals surface area contributed by atoms with Crippen molar-refractivity contribution in [2.24, 2.45) is 0 Å². The van der Waals surface area contributed by atoms with Gasteiger partial charge in [-0.25, -0.2) is 4.79 Å². The third kappa shape index (κ3) is 8.25. The highest BCUT2D eigenvalue weighted by Gasteiger charge is 2.44. The maximum atomic E-state index is 14.1. The second kappa shape index (κ2) is 12.5. The molecule has 0 aliphatic heterocycles. The SMILES string of the molecule is CSCCC(NC(=O)OC(C)(C)C)C(=O)N(C1CC1)C(C(=O)Nc1ccccc1C)c1ccc(C)cc1. The van der Waals surface area contributed by atoms with Crippen LogP contribution < -0.4 is 10.6 Å². The molecule has 2 atom stereocenters. The van der Waals surface area contributed by atoms with Crippen molar-refractivity contribution < 1.29 is 19.1 Å². The van der Waals surface area contributed by atoms with E-state index in [1.54, 1.807) is 37.4 Å². The number of hydrogen-bond donors (Lipinski definition) is 2. The van der Waals surface area contributed by atoms with Crippen LogP contribution in [0.4, 0.5) is 10.5 Å². The number of anilines is 1. The number of benzene rings is 2. The Bertz CT molecular complexity index is 1090. The molecule has 1 fully saturated rings. The van der Waals surface area contributed by atoms with Gasteiger partial charge in [-0.15, -0.1) is 0 Å². The van der Waals surface area contributed by atoms with E-state index in [4.69, 9.17) is 4.74 Å². The van der Waals surface area contributed by atoms with Crippen molar-refractivity contribution in [3.05, 3.63) is 65.2 Å². The van der Waals surface area contributed by atoms with Gasteiger partial charge in [0.1, 0.15) is 17.7 Å². The Balaban J connectivity index is 1.97. The maximum Gasteiger partial charge on any atom is 0.408 e. The van der Waals surface area contributed by atoms with Gasteiger partial charge in [0.2, 0.25) is 5.91 Å². The molecule has 8 heteroatoms. The summed E-state index contributed by atoms with van der Waals surface area (Å²) in [6, 6.07) is 13.6. The van der Waals surface area contributed by atoms with Gasteiger partial charge < -0.3 is 20.3 Å². The summed E-state index contributed by atoms with van der Waals surface area (Å²) in [7, 11) is 0. The lowest BCUT2D eigenvalue weighted by atomic mass is 10.0. The zero-order valence-electron chi connectivity index (χ0n) is 22.7. The Labute approximate surface area is 224 Å². The van der Waals surface area contributed by atoms with E-state index in [1.165, 1.54) is 0 Å². The van der Waals surface area contributed by atoms with Gasteiger partial charge in [0.05, 0.1) is 0 Å². The van der Waals surface area contributed by atoms with Gasteiger partial charge in [0.25, 0.3) is 5.91 Å². The minimum Gasteiger partial charge on any atom is -0.444 e. The number of amides is 3. The summed E-state index contributed by atoms with van der Waals surface area (Å²) in [5, 5.41) is 5.83. The summed E-state index contributed by atoms with van der Waals surface area (Å²) in [4.78, 5) is 42.3. The largest absolute Gasteiger partial charge is 0.444 e. The predicted octanol–water partition coefficient (Wildman–Crippen LogP) is 5.62. The van der Waals surface area contributed by atoms with Crippen LogP contribution in [0.3, 0.4) is 0 Å². The lowest BCUT2D eigenvalue weighted by molar-refractivity contribution is -0.141. The molecule has 200 valence electrons. The highest BCUT2D eigenvalue weighted by molar-refractivity contribution is 7.98. The highest BCUT2D eigenvalue weighted by Crippen LogP contribution is 2.36. The molecule has 0 saturated heterocycles. The molecule has 0 spiro atoms. The molecule has 1 aliphatic carbocycles. The molecule has 2 unspecified atom stereocenters. The van der Waals surface area contributed by atoms with Crippen LogP contribution in [0.25, 0.3) is 0 Å². The van der Waals surface area contributed by atoms with Gasteiger partial charge in [-0.05, 0) is 83.1 Å². The Hall–Kier alpha value is -3.00. The summed E-state index contributed by atoms with van der Waals surface area (Å²) in [6.45, 7) is 9.27. The zero-order valence-corrected chi connectivity index (χ0v) is 23.5. The van der Waals surface area contributed by atoms with Crippen LogP contribution in [-0.4, -0.2) is 52.5 Å². The van der Waals surface area contributed by atoms with E-state index < -0.39 is 23.8 Å². The number of alkyl carbamates (subject to hydrolysis) is 1. The van der Waals surface area contributed by atoms with Crippen molar-refractivity contribution >= 4 is 35.4 Å². The second-order valence-electron chi connectivity index (χ2n) is 10.6. The fourth-order valence-electron chi connectivity index (χ4n) is 4.09. The van der Waals surface area contributed by atoms with Crippen LogP contribution >= 0.6 is 11.8 Å². The van der Waals surface area contributed by atoms with Crippen molar-refractivity contribution in [1.29, 1.82) is 0 Å². The molecule has 0 heterocycles. The maximum absolute atomic E-state index is 14.1. The topological polar surface area (TPSA) is 87.7 Å². The summed E-state index contributed by atoms with van der Waals surface area (Å²) >= 11 is 1.60. The number of carbonyl (C=O) groups excluding carboxylic acids is 3. The molecule has 0 radical (unpaired) electrons. The molecule has 1 aliphatic rings. The first kappa shape index (κ1) is 28.6. The molecule has 0 bridgehead atoms. The normalized spacial score (nSPS) is 14.9. The number of hydrogen-bond acceptors (Lipinski definition) is 5. The van der Waals surface area contributed by atoms with Crippen molar-refractivity contribution in [2.75, 3.05) is 17.3 Å². The molecular weight excluding hydrogens is 486 g/mol. The molecule has 2 N–H and O–H groups in total. The number of rotatable bonds is 10. The van der Waals surface area contributed by atoms with Crippen LogP contribution in [0.2, 0.25) is 0 Å². The average Bonchev–Trinajstić information content (AvgIpc) is 3.66. The molecule has 1 saturated carbocycles. The van der Waals surface area contributed by atoms with Crippen LogP contribution in [0, 0.1) is 13.8 Å². The molecule has 0 aromatic heterocycles. The van der Waals surface area contributed by atoms with E-state index >= 15 is 0 Å². The molecular formula is C29H39N3O4S. The van der Waals surface area contributed by atoms with Gasteiger partial charge in [0.15, 0.2) is 0 Å². The van der Waals surface area contributed by atoms with E-state index in [0.717, 1.165) is 29.5 Å². The van der Waals surface area contributed by atoms with Crippen molar-refractivity contribution in [3.8, 4) is 0 Å². The van der Waals surface area contributed by atoms with Crippen molar-refractivity contribution in [3.63, 3.8) is 0 Å². The van der Waals surface area contributed by atoms with Gasteiger partial charge in [-0.1, -0.05) is 48.0 Å². The van der Waals surface area contributed by atoms with E-state index in [2.05, 4.69) is 10.6 Å². The van der Waals surface area contributed by atoms with Gasteiger partial charge in [0, 0.05) is 11.7 Å². The molecule has 3 rings (SSSR count). The van der Waals surface area contributed by atoms with Crippen molar-refractivity contribution in [2.45, 2.75) is 77.6 Å². The van der Waals surface area contributed by atoms with E-state index in [9.17, 15) is 14.4 Å². The summed E-state index contributed by atoms with van der Waals surface area (Å²) in [5.74, 6) is 0.127. The summed E-state index contributed by atoms with van der Waals surface area (Å²) in [5.41, 5.74) is 2.75. The molecule has 37 heavy (non-hydrogen) atoms. The minimum atomic E-state index is -0.836. The Morgan fingerprint density at radius 1 is 1.05 bits per heavy atom. The number of nitrogens with zero attached hydrogens (tertiary/aromatic N) is 1. The number of para-hydroxylation sites is 1. The minimum absolute atomic E-state index is 0.0707. The summed E-state index contributed by atoms with van der Waals surface area (Å²) < 4.78 is 5.45. The van der Waals surface area contributed by atoms with Gasteiger partial charge >= 0.3 is 6.09 Å². The smallest absolute Gasteiger partial charge is 0.408 e. The average molecular weight is 526 g/mol. The Kier molecular flexibility index (Phi) is 9.65. The third-order valence-corrected chi connectivity index (χ3v) is 6.76. The fourth-order valence-corrected chi connectivity index (χ4v) is 4.57. The number of aryl methyl sites for hydroxylation is 2. The first-order valence-electron chi connectivity index (χ1n) is 12.7. The van der Waals surface area contributed by atoms with E-state index in [-0.39, 0.29) is 17.9 Å². The first-order valence-corrected chi connectivity index (χ1v) is 14.1. The Morgan fingerprint density at radius 3 is 2.27 bits per heavy atom. The van der Waals surface area contributed by atoms with E-state index in [1.807, 2.05) is 68.6 Å². The molecule has 7 nitrogen and oxygen atoms in total. The van der Waals surface area contributed by atoms with Crippen LogP contribution in [0.5, 0.6) is 0 Å². The molecule has 2 aromatic rings. The zero-order chi connectivity index (χ0) is 27.2. The van der Waals surface area contributed by atoms with Crippen LogP contribution in [-0.2, 0) is 14.3 Å². The highest BCUT2D eigenvalue weighted by atomic mass is 32.2. The monoisotopic (exact) mass is 525 g/mol. The Morgan fingerprint density at radius 2 is 1.70 bits per heavy atom. The molecule has 3 amide bonds. The standard InChI is InChI=1S/C29H39N3O4S/c1-19-11-13-21(14-12-19)25(26(33)30-23-10-8-7-9-20(23)2)32(22-15-16-22)27(34)24(17-18-37-6)31-28(35)36-29(3,4)5/h7-14,22,24-25H,15-18H2,1-6H3,(H,30,33)(H,31,35). The summed E-state index contributed by atoms with van der Waals surface area (Å²) in [6.07, 6.45) is 3.38. The second-order valence-corrected chi connectivity index (χ2v) is 11.6. The predicted molar refractivity (Wildman–Crippen MR) is 150 cm³/mol. The number of carbonyl (C=O) groups is 3. The lowest BCUT2D eigenvalue weighted by Crippen LogP contribution is -2.53. The number of nitrogens with one attached hydrogen (secondary N) is 2. The third-order valence-electron chi connectivity index (χ3n) is 6.12. The van der Waals surface area contributed by atoms with E-state index in [0.29, 0.717) is 17.9 Å². The van der Waals surface area contributed by atoms with Crippen LogP contribution in [0.1, 0.15) is 62.8 Å². The fraction of sp³-hybridized carbons (Fsp3) is 0.483. The quantitative estimate of drug-likeness (QED) is 0.420. The lowest BCUT2D eigenvalue weighted by Gasteiger charge is -2.35. The molecule has 2 aromatic carbocycles. The number of thioether (sulfide) groups is 1. The first-order chi connectivity index (χ1) is 17.5.